The monoisotopic (exact) mass is 352 g/mol. The van der Waals surface area contributed by atoms with Gasteiger partial charge < -0.3 is 20.7 Å². The quantitative estimate of drug-likeness (QED) is 0.481. The van der Waals surface area contributed by atoms with Crippen molar-refractivity contribution in [3.05, 3.63) is 12.7 Å². The third-order valence-electron chi connectivity index (χ3n) is 3.75. The molecule has 136 valence electrons. The Kier molecular flexibility index (Phi) is 4.81. The van der Waals surface area contributed by atoms with Crippen LogP contribution in [0.2, 0.25) is 0 Å². The number of hydrogen-bond acceptors (Lipinski definition) is 9. The molecule has 1 unspecified atom stereocenters. The third kappa shape index (κ3) is 3.26. The molecule has 0 saturated carbocycles. The van der Waals surface area contributed by atoms with Gasteiger partial charge in [0.25, 0.3) is 5.91 Å². The molecule has 0 spiro atoms. The van der Waals surface area contributed by atoms with Crippen LogP contribution in [0.1, 0.15) is 20.1 Å². The summed E-state index contributed by atoms with van der Waals surface area (Å²) in [6.45, 7) is 4.15. The van der Waals surface area contributed by atoms with Crippen molar-refractivity contribution in [3.63, 3.8) is 0 Å². The van der Waals surface area contributed by atoms with Crippen LogP contribution in [0.3, 0.4) is 0 Å². The lowest BCUT2D eigenvalue weighted by atomic mass is 10.1. The van der Waals surface area contributed by atoms with Crippen molar-refractivity contribution in [2.75, 3.05) is 12.3 Å². The number of anilines is 1. The second kappa shape index (κ2) is 6.88. The Labute approximate surface area is 142 Å². The van der Waals surface area contributed by atoms with E-state index in [1.807, 2.05) is 13.8 Å². The number of nitrogens with one attached hydrogen (secondary N) is 1. The standard InChI is InChI=1S/C14H20N6O5/c1-6(2)3-24-19-13(23)10-8(21)9(22)14(25-10)20-5-18-7-11(15)16-4-17-12(7)20/h4-6,8-10,14,21-22H,3H2,1-2H3,(H,19,23)(H2,15,16,17)/t8-,9+,10-,14?/m0/s1. The molecule has 1 fully saturated rings. The average molecular weight is 352 g/mol. The van der Waals surface area contributed by atoms with Crippen LogP contribution >= 0.6 is 0 Å². The zero-order valence-electron chi connectivity index (χ0n) is 13.7. The molecule has 5 N–H and O–H groups in total. The van der Waals surface area contributed by atoms with E-state index < -0.39 is 30.4 Å². The molecule has 1 aliphatic heterocycles. The smallest absolute Gasteiger partial charge is 0.275 e. The topological polar surface area (TPSA) is 158 Å². The SMILES string of the molecule is CC(C)CONC(=O)[C@H]1OC(n2cnc3c(N)ncnc32)[C@H](O)[C@@H]1O. The van der Waals surface area contributed by atoms with Crippen LogP contribution in [0.4, 0.5) is 5.82 Å². The molecule has 4 atom stereocenters. The second-order valence-electron chi connectivity index (χ2n) is 6.18. The van der Waals surface area contributed by atoms with Crippen LogP contribution in [0.5, 0.6) is 0 Å². The fourth-order valence-corrected chi connectivity index (χ4v) is 2.50. The van der Waals surface area contributed by atoms with Crippen LogP contribution in [0.15, 0.2) is 12.7 Å². The molecule has 0 aliphatic carbocycles. The zero-order valence-corrected chi connectivity index (χ0v) is 13.7. The molecule has 2 aromatic rings. The minimum Gasteiger partial charge on any atom is -0.387 e. The fourth-order valence-electron chi connectivity index (χ4n) is 2.50. The van der Waals surface area contributed by atoms with Crippen LogP contribution in [0.25, 0.3) is 11.2 Å². The summed E-state index contributed by atoms with van der Waals surface area (Å²) in [6.07, 6.45) is -2.57. The van der Waals surface area contributed by atoms with E-state index in [0.717, 1.165) is 0 Å². The van der Waals surface area contributed by atoms with Crippen molar-refractivity contribution in [1.29, 1.82) is 0 Å². The van der Waals surface area contributed by atoms with Crippen LogP contribution in [-0.4, -0.2) is 60.6 Å². The summed E-state index contributed by atoms with van der Waals surface area (Å²) in [4.78, 5) is 29.1. The van der Waals surface area contributed by atoms with Gasteiger partial charge in [-0.15, -0.1) is 0 Å². The molecular weight excluding hydrogens is 332 g/mol. The lowest BCUT2D eigenvalue weighted by Gasteiger charge is -2.16. The van der Waals surface area contributed by atoms with Gasteiger partial charge in [0.2, 0.25) is 0 Å². The Morgan fingerprint density at radius 2 is 2.16 bits per heavy atom. The Hall–Kier alpha value is -2.34. The summed E-state index contributed by atoms with van der Waals surface area (Å²) >= 11 is 0. The summed E-state index contributed by atoms with van der Waals surface area (Å²) in [5.41, 5.74) is 8.59. The summed E-state index contributed by atoms with van der Waals surface area (Å²) in [6, 6.07) is 0. The number of carbonyl (C=O) groups is 1. The number of aliphatic hydroxyl groups is 2. The summed E-state index contributed by atoms with van der Waals surface area (Å²) in [5.74, 6) is -0.295. The van der Waals surface area contributed by atoms with Gasteiger partial charge in [0, 0.05) is 0 Å². The highest BCUT2D eigenvalue weighted by molar-refractivity contribution is 5.82. The summed E-state index contributed by atoms with van der Waals surface area (Å²) < 4.78 is 6.92. The first-order valence-corrected chi connectivity index (χ1v) is 7.76. The highest BCUT2D eigenvalue weighted by atomic mass is 16.7. The Balaban J connectivity index is 1.77. The number of nitrogens with zero attached hydrogens (tertiary/aromatic N) is 4. The van der Waals surface area contributed by atoms with Crippen molar-refractivity contribution in [3.8, 4) is 0 Å². The molecule has 0 radical (unpaired) electrons. The summed E-state index contributed by atoms with van der Waals surface area (Å²) in [7, 11) is 0. The van der Waals surface area contributed by atoms with Crippen LogP contribution in [0, 0.1) is 5.92 Å². The van der Waals surface area contributed by atoms with E-state index in [9.17, 15) is 15.0 Å². The number of aromatic nitrogens is 4. The molecule has 1 amide bonds. The normalized spacial score (nSPS) is 26.4. The molecule has 0 aromatic carbocycles. The number of imidazole rings is 1. The first-order chi connectivity index (χ1) is 11.9. The minimum atomic E-state index is -1.44. The third-order valence-corrected chi connectivity index (χ3v) is 3.75. The maximum absolute atomic E-state index is 12.1. The van der Waals surface area contributed by atoms with Gasteiger partial charge in [0.05, 0.1) is 12.9 Å². The maximum atomic E-state index is 12.1. The predicted octanol–water partition coefficient (Wildman–Crippen LogP) is -1.27. The average Bonchev–Trinajstić information content (AvgIpc) is 3.10. The number of rotatable bonds is 5. The summed E-state index contributed by atoms with van der Waals surface area (Å²) in [5, 5.41) is 20.4. The van der Waals surface area contributed by atoms with Crippen LogP contribution < -0.4 is 11.2 Å². The number of carbonyl (C=O) groups excluding carboxylic acids is 1. The maximum Gasteiger partial charge on any atom is 0.275 e. The van der Waals surface area contributed by atoms with Gasteiger partial charge in [0.1, 0.15) is 24.1 Å². The van der Waals surface area contributed by atoms with E-state index in [4.69, 9.17) is 15.3 Å². The van der Waals surface area contributed by atoms with Crippen molar-refractivity contribution in [2.24, 2.45) is 5.92 Å². The number of hydrogen-bond donors (Lipinski definition) is 4. The van der Waals surface area contributed by atoms with E-state index in [1.54, 1.807) is 0 Å². The fraction of sp³-hybridized carbons (Fsp3) is 0.571. The first-order valence-electron chi connectivity index (χ1n) is 7.76. The molecule has 11 nitrogen and oxygen atoms in total. The number of nitrogens with two attached hydrogens (primary N) is 1. The highest BCUT2D eigenvalue weighted by Gasteiger charge is 2.48. The van der Waals surface area contributed by atoms with Gasteiger partial charge >= 0.3 is 0 Å². The van der Waals surface area contributed by atoms with Crippen LogP contribution in [-0.2, 0) is 14.4 Å². The van der Waals surface area contributed by atoms with Gasteiger partial charge in [-0.25, -0.2) is 20.4 Å². The van der Waals surface area contributed by atoms with E-state index in [1.165, 1.54) is 17.2 Å². The number of nitrogen functional groups attached to an aromatic ring is 1. The van der Waals surface area contributed by atoms with Gasteiger partial charge in [-0.1, -0.05) is 13.8 Å². The van der Waals surface area contributed by atoms with Gasteiger partial charge in [0.15, 0.2) is 23.8 Å². The van der Waals surface area contributed by atoms with Crippen molar-refractivity contribution < 1.29 is 24.6 Å². The molecule has 3 heterocycles. The molecule has 11 heteroatoms. The zero-order chi connectivity index (χ0) is 18.1. The van der Waals surface area contributed by atoms with Crippen molar-refractivity contribution in [2.45, 2.75) is 38.4 Å². The largest absolute Gasteiger partial charge is 0.387 e. The van der Waals surface area contributed by atoms with Gasteiger partial charge in [-0.05, 0) is 5.92 Å². The first kappa shape index (κ1) is 17.5. The minimum absolute atomic E-state index is 0.174. The number of amides is 1. The van der Waals surface area contributed by atoms with E-state index in [0.29, 0.717) is 17.8 Å². The number of hydroxylamine groups is 1. The molecule has 25 heavy (non-hydrogen) atoms. The van der Waals surface area contributed by atoms with Crippen molar-refractivity contribution >= 4 is 22.9 Å². The molecule has 0 bridgehead atoms. The Bertz CT molecular complexity index is 765. The molecule has 2 aromatic heterocycles. The lowest BCUT2D eigenvalue weighted by Crippen LogP contribution is -2.43. The van der Waals surface area contributed by atoms with E-state index >= 15 is 0 Å². The van der Waals surface area contributed by atoms with Gasteiger partial charge in [-0.3, -0.25) is 14.2 Å². The van der Waals surface area contributed by atoms with Gasteiger partial charge in [-0.2, -0.15) is 0 Å². The predicted molar refractivity (Wildman–Crippen MR) is 84.6 cm³/mol. The Morgan fingerprint density at radius 1 is 1.40 bits per heavy atom. The molecule has 1 aliphatic rings. The second-order valence-corrected chi connectivity index (χ2v) is 6.18. The number of aliphatic hydroxyl groups excluding tert-OH is 2. The highest BCUT2D eigenvalue weighted by Crippen LogP contribution is 2.32. The Morgan fingerprint density at radius 3 is 2.88 bits per heavy atom. The van der Waals surface area contributed by atoms with Crippen molar-refractivity contribution in [1.82, 2.24) is 25.0 Å². The molecule has 1 saturated heterocycles. The molecule has 3 rings (SSSR count). The number of ether oxygens (including phenoxy) is 1. The van der Waals surface area contributed by atoms with E-state index in [2.05, 4.69) is 20.4 Å². The molecular formula is C14H20N6O5. The lowest BCUT2D eigenvalue weighted by molar-refractivity contribution is -0.151. The number of fused-ring (bicyclic) bond motifs is 1. The van der Waals surface area contributed by atoms with E-state index in [-0.39, 0.29) is 11.7 Å².